The van der Waals surface area contributed by atoms with Gasteiger partial charge in [-0.2, -0.15) is 0 Å². The summed E-state index contributed by atoms with van der Waals surface area (Å²) in [6.07, 6.45) is 11.3. The van der Waals surface area contributed by atoms with Crippen LogP contribution in [0.2, 0.25) is 0 Å². The SMILES string of the molecule is CN(C)CCc1ncc(-c2ccc(S(=O)(=O)Nc3cc(F)c(C(=O)N[C@@H](Cc4ccc(-n5c(=O)c6ccncc6n(C)c5=O)cn4)C(=O)OC4CCCCC4)cc3F)cc2)cn1. The van der Waals surface area contributed by atoms with Crippen molar-refractivity contribution in [2.45, 2.75) is 62.0 Å². The third-order valence-electron chi connectivity index (χ3n) is 10.5. The highest BCUT2D eigenvalue weighted by Crippen LogP contribution is 2.26. The van der Waals surface area contributed by atoms with Crippen molar-refractivity contribution in [1.29, 1.82) is 0 Å². The Balaban J connectivity index is 1.07. The zero-order chi connectivity index (χ0) is 44.1. The van der Waals surface area contributed by atoms with E-state index in [2.05, 4.69) is 25.3 Å². The number of rotatable bonds is 14. The van der Waals surface area contributed by atoms with Crippen molar-refractivity contribution in [3.05, 3.63) is 135 Å². The van der Waals surface area contributed by atoms with Crippen molar-refractivity contribution in [3.63, 3.8) is 0 Å². The minimum Gasteiger partial charge on any atom is -0.461 e. The van der Waals surface area contributed by atoms with Crippen LogP contribution in [-0.2, 0) is 39.4 Å². The summed E-state index contributed by atoms with van der Waals surface area (Å²) < 4.78 is 67.6. The number of nitrogens with zero attached hydrogens (tertiary/aromatic N) is 7. The minimum absolute atomic E-state index is 0.140. The summed E-state index contributed by atoms with van der Waals surface area (Å²) in [5.74, 6) is -3.87. The Bertz CT molecular complexity index is 2850. The molecule has 1 saturated carbocycles. The molecule has 0 spiro atoms. The van der Waals surface area contributed by atoms with Gasteiger partial charge in [-0.1, -0.05) is 18.6 Å². The summed E-state index contributed by atoms with van der Waals surface area (Å²) in [4.78, 5) is 72.4. The Hall–Kier alpha value is -6.73. The number of aryl methyl sites for hydroxylation is 1. The average molecular weight is 868 g/mol. The van der Waals surface area contributed by atoms with Crippen molar-refractivity contribution in [2.24, 2.45) is 7.05 Å². The first-order valence-electron chi connectivity index (χ1n) is 19.8. The van der Waals surface area contributed by atoms with E-state index in [0.717, 1.165) is 30.4 Å². The van der Waals surface area contributed by atoms with E-state index in [1.807, 2.05) is 23.7 Å². The molecule has 1 amide bonds. The van der Waals surface area contributed by atoms with Gasteiger partial charge < -0.3 is 15.0 Å². The maximum atomic E-state index is 15.6. The molecule has 0 bridgehead atoms. The van der Waals surface area contributed by atoms with Gasteiger partial charge in [-0.3, -0.25) is 28.8 Å². The second-order valence-electron chi connectivity index (χ2n) is 15.2. The second kappa shape index (κ2) is 18.5. The van der Waals surface area contributed by atoms with Crippen molar-refractivity contribution in [1.82, 2.24) is 39.3 Å². The maximum Gasteiger partial charge on any atom is 0.335 e. The summed E-state index contributed by atoms with van der Waals surface area (Å²) in [5.41, 5.74) is -0.779. The molecule has 1 aliphatic carbocycles. The number of likely N-dealkylation sites (N-methyl/N-ethyl adjacent to an activating group) is 1. The zero-order valence-electron chi connectivity index (χ0n) is 34.0. The van der Waals surface area contributed by atoms with Crippen LogP contribution in [0.5, 0.6) is 0 Å². The fourth-order valence-corrected chi connectivity index (χ4v) is 8.10. The summed E-state index contributed by atoms with van der Waals surface area (Å²) in [6.45, 7) is 0.774. The molecule has 0 radical (unpaired) electrons. The van der Waals surface area contributed by atoms with Crippen LogP contribution >= 0.6 is 0 Å². The van der Waals surface area contributed by atoms with Crippen molar-refractivity contribution in [2.75, 3.05) is 25.4 Å². The number of nitrogens with one attached hydrogen (secondary N) is 2. The van der Waals surface area contributed by atoms with E-state index in [4.69, 9.17) is 4.74 Å². The minimum atomic E-state index is -4.42. The van der Waals surface area contributed by atoms with Gasteiger partial charge in [0.15, 0.2) is 0 Å². The molecule has 1 atom stereocenters. The number of fused-ring (bicyclic) bond motifs is 1. The Labute approximate surface area is 354 Å². The molecule has 0 aliphatic heterocycles. The number of hydrogen-bond donors (Lipinski definition) is 2. The molecule has 2 aromatic carbocycles. The van der Waals surface area contributed by atoms with Crippen molar-refractivity contribution >= 4 is 38.5 Å². The van der Waals surface area contributed by atoms with E-state index in [9.17, 15) is 27.6 Å². The van der Waals surface area contributed by atoms with Crippen LogP contribution in [0.25, 0.3) is 27.7 Å². The smallest absolute Gasteiger partial charge is 0.335 e. The third kappa shape index (κ3) is 9.74. The molecular formula is C43H43F2N9O7S. The summed E-state index contributed by atoms with van der Waals surface area (Å²) in [5, 5.41) is 2.69. The average Bonchev–Trinajstić information content (AvgIpc) is 3.27. The van der Waals surface area contributed by atoms with E-state index in [1.54, 1.807) is 12.4 Å². The fourth-order valence-electron chi connectivity index (χ4n) is 7.05. The number of esters is 1. The summed E-state index contributed by atoms with van der Waals surface area (Å²) in [6, 6.07) is 9.70. The number of amides is 1. The molecule has 7 rings (SSSR count). The van der Waals surface area contributed by atoms with E-state index in [0.29, 0.717) is 53.9 Å². The van der Waals surface area contributed by atoms with Crippen LogP contribution < -0.4 is 21.3 Å². The lowest BCUT2D eigenvalue weighted by Gasteiger charge is -2.25. The van der Waals surface area contributed by atoms with Crippen molar-refractivity contribution in [3.8, 4) is 16.8 Å². The molecule has 62 heavy (non-hydrogen) atoms. The predicted octanol–water partition coefficient (Wildman–Crippen LogP) is 4.34. The standard InChI is InChI=1S/C43H43F2N9O7S/c1-52(2)18-16-39-48-22-27(23-49-39)26-9-13-31(14-10-26)62(59,60)51-36-21-34(44)33(20-35(36)45)40(55)50-37(42(57)61-30-7-5-4-6-8-30)19-28-11-12-29(24-47-28)54-41(56)32-15-17-46-25-38(32)53(3)43(54)58/h9-15,17,20-25,30,37,51H,4-8,16,18-19H2,1-3H3,(H,50,55)/t37-/m0/s1. The van der Waals surface area contributed by atoms with Gasteiger partial charge in [0.2, 0.25) is 0 Å². The molecule has 4 heterocycles. The van der Waals surface area contributed by atoms with Gasteiger partial charge in [-0.05, 0) is 81.7 Å². The molecule has 0 unspecified atom stereocenters. The van der Waals surface area contributed by atoms with Crippen LogP contribution in [0.4, 0.5) is 14.5 Å². The Morgan fingerprint density at radius 1 is 0.903 bits per heavy atom. The molecule has 19 heteroatoms. The molecule has 0 saturated heterocycles. The van der Waals surface area contributed by atoms with Crippen LogP contribution in [-0.4, -0.2) is 87.1 Å². The number of benzene rings is 2. The molecular weight excluding hydrogens is 825 g/mol. The Morgan fingerprint density at radius 2 is 1.63 bits per heavy atom. The van der Waals surface area contributed by atoms with E-state index >= 15 is 8.78 Å². The van der Waals surface area contributed by atoms with E-state index in [-0.39, 0.29) is 28.1 Å². The number of pyridine rings is 2. The molecule has 2 N–H and O–H groups in total. The van der Waals surface area contributed by atoms with Gasteiger partial charge in [0.05, 0.1) is 45.1 Å². The van der Waals surface area contributed by atoms with Gasteiger partial charge >= 0.3 is 11.7 Å². The number of carbonyl (C=O) groups excluding carboxylic acids is 2. The second-order valence-corrected chi connectivity index (χ2v) is 16.9. The number of sulfonamides is 1. The first-order valence-corrected chi connectivity index (χ1v) is 21.3. The highest BCUT2D eigenvalue weighted by atomic mass is 32.2. The Morgan fingerprint density at radius 3 is 2.31 bits per heavy atom. The van der Waals surface area contributed by atoms with Gasteiger partial charge in [0.25, 0.3) is 21.5 Å². The number of carbonyl (C=O) groups is 2. The number of halogens is 2. The monoisotopic (exact) mass is 867 g/mol. The highest BCUT2D eigenvalue weighted by molar-refractivity contribution is 7.92. The molecule has 322 valence electrons. The van der Waals surface area contributed by atoms with E-state index < -0.39 is 68.2 Å². The van der Waals surface area contributed by atoms with E-state index in [1.165, 1.54) is 72.7 Å². The lowest BCUT2D eigenvalue weighted by Crippen LogP contribution is -2.45. The predicted molar refractivity (Wildman–Crippen MR) is 225 cm³/mol. The maximum absolute atomic E-state index is 15.6. The van der Waals surface area contributed by atoms with Gasteiger partial charge in [-0.25, -0.2) is 41.3 Å². The lowest BCUT2D eigenvalue weighted by molar-refractivity contribution is -0.152. The van der Waals surface area contributed by atoms with Gasteiger partial charge in [0.1, 0.15) is 29.6 Å². The Kier molecular flexibility index (Phi) is 12.9. The number of aromatic nitrogens is 6. The van der Waals surface area contributed by atoms with Crippen LogP contribution in [0.3, 0.4) is 0 Å². The number of ether oxygens (including phenoxy) is 1. The number of anilines is 1. The van der Waals surface area contributed by atoms with Crippen LogP contribution in [0.1, 0.15) is 54.0 Å². The molecule has 1 fully saturated rings. The fraction of sp³-hybridized carbons (Fsp3) is 0.302. The van der Waals surface area contributed by atoms with Crippen LogP contribution in [0, 0.1) is 11.6 Å². The topological polar surface area (TPSA) is 200 Å². The highest BCUT2D eigenvalue weighted by Gasteiger charge is 2.29. The molecule has 16 nitrogen and oxygen atoms in total. The quantitative estimate of drug-likeness (QED) is 0.147. The third-order valence-corrected chi connectivity index (χ3v) is 11.9. The molecule has 1 aliphatic rings. The summed E-state index contributed by atoms with van der Waals surface area (Å²) >= 11 is 0. The summed E-state index contributed by atoms with van der Waals surface area (Å²) in [7, 11) is 0.968. The number of hydrogen-bond acceptors (Lipinski definition) is 12. The molecule has 4 aromatic heterocycles. The van der Waals surface area contributed by atoms with Gasteiger partial charge in [-0.15, -0.1) is 0 Å². The zero-order valence-corrected chi connectivity index (χ0v) is 34.9. The first kappa shape index (κ1) is 43.4. The molecule has 6 aromatic rings. The normalized spacial score (nSPS) is 13.8. The van der Waals surface area contributed by atoms with Crippen LogP contribution in [0.15, 0.2) is 100 Å². The first-order chi connectivity index (χ1) is 29.7. The lowest BCUT2D eigenvalue weighted by atomic mass is 9.97. The largest absolute Gasteiger partial charge is 0.461 e. The van der Waals surface area contributed by atoms with Crippen molar-refractivity contribution < 1.29 is 31.5 Å². The van der Waals surface area contributed by atoms with Gasteiger partial charge in [0, 0.05) is 62.3 Å².